The zero-order valence-corrected chi connectivity index (χ0v) is 15.3. The zero-order chi connectivity index (χ0) is 18.2. The van der Waals surface area contributed by atoms with Gasteiger partial charge in [-0.1, -0.05) is 6.42 Å². The van der Waals surface area contributed by atoms with Gasteiger partial charge in [0, 0.05) is 30.8 Å². The van der Waals surface area contributed by atoms with E-state index in [4.69, 9.17) is 9.47 Å². The van der Waals surface area contributed by atoms with Gasteiger partial charge in [0.05, 0.1) is 12.2 Å². The molecule has 3 aliphatic rings. The second kappa shape index (κ2) is 6.88. The molecule has 27 heavy (non-hydrogen) atoms. The predicted octanol–water partition coefficient (Wildman–Crippen LogP) is 3.05. The van der Waals surface area contributed by atoms with Crippen LogP contribution in [0.3, 0.4) is 0 Å². The number of benzene rings is 1. The molecule has 0 bridgehead atoms. The lowest BCUT2D eigenvalue weighted by atomic mass is 9.89. The Morgan fingerprint density at radius 2 is 1.85 bits per heavy atom. The maximum Gasteiger partial charge on any atom is 0.256 e. The van der Waals surface area contributed by atoms with Gasteiger partial charge in [-0.2, -0.15) is 5.10 Å². The highest BCUT2D eigenvalue weighted by molar-refractivity contribution is 6.04. The summed E-state index contributed by atoms with van der Waals surface area (Å²) in [6.07, 6.45) is 7.98. The quantitative estimate of drug-likeness (QED) is 0.898. The summed E-state index contributed by atoms with van der Waals surface area (Å²) in [7, 11) is 0. The van der Waals surface area contributed by atoms with Crippen LogP contribution in [0.15, 0.2) is 30.5 Å². The molecule has 7 heteroatoms. The molecule has 0 atom stereocenters. The summed E-state index contributed by atoms with van der Waals surface area (Å²) in [5.74, 6) is 1.87. The van der Waals surface area contributed by atoms with E-state index in [1.165, 1.54) is 19.3 Å². The van der Waals surface area contributed by atoms with Crippen LogP contribution < -0.4 is 14.8 Å². The van der Waals surface area contributed by atoms with Crippen LogP contribution in [-0.4, -0.2) is 46.5 Å². The third-order valence-electron chi connectivity index (χ3n) is 5.98. The van der Waals surface area contributed by atoms with Gasteiger partial charge in [-0.05, 0) is 43.9 Å². The first kappa shape index (κ1) is 16.6. The fourth-order valence-electron chi connectivity index (χ4n) is 4.18. The number of hydrogen-bond donors (Lipinski definition) is 1. The Balaban J connectivity index is 1.25. The molecule has 5 rings (SSSR count). The van der Waals surface area contributed by atoms with E-state index >= 15 is 0 Å². The Bertz CT molecular complexity index is 838. The minimum atomic E-state index is -0.165. The van der Waals surface area contributed by atoms with Crippen LogP contribution in [0.1, 0.15) is 48.5 Å². The van der Waals surface area contributed by atoms with Crippen molar-refractivity contribution in [2.45, 2.75) is 44.2 Å². The van der Waals surface area contributed by atoms with E-state index in [2.05, 4.69) is 15.3 Å². The molecule has 142 valence electrons. The van der Waals surface area contributed by atoms with Crippen LogP contribution in [0.25, 0.3) is 0 Å². The van der Waals surface area contributed by atoms with Crippen molar-refractivity contribution in [3.8, 4) is 11.5 Å². The lowest BCUT2D eigenvalue weighted by molar-refractivity contribution is 0.0845. The lowest BCUT2D eigenvalue weighted by Crippen LogP contribution is -2.45. The number of aromatic nitrogens is 2. The van der Waals surface area contributed by atoms with E-state index in [1.54, 1.807) is 24.4 Å². The van der Waals surface area contributed by atoms with Gasteiger partial charge < -0.3 is 19.7 Å². The third kappa shape index (κ3) is 3.16. The van der Waals surface area contributed by atoms with Gasteiger partial charge in [0.2, 0.25) is 6.79 Å². The number of likely N-dealkylation sites (tertiary alicyclic amines) is 1. The highest BCUT2D eigenvalue weighted by Crippen LogP contribution is 2.34. The average Bonchev–Trinajstić information content (AvgIpc) is 3.29. The SMILES string of the molecule is O=C(Nc1ccnn1C1CCN(C2CCC2)CC1)c1ccc2c(c1)OCO2. The van der Waals surface area contributed by atoms with Crippen LogP contribution in [0.5, 0.6) is 11.5 Å². The highest BCUT2D eigenvalue weighted by Gasteiger charge is 2.30. The van der Waals surface area contributed by atoms with Crippen LogP contribution in [0.2, 0.25) is 0 Å². The molecular formula is C20H24N4O3. The molecule has 1 amide bonds. The Hall–Kier alpha value is -2.54. The third-order valence-corrected chi connectivity index (χ3v) is 5.98. The smallest absolute Gasteiger partial charge is 0.256 e. The van der Waals surface area contributed by atoms with Crippen molar-refractivity contribution in [1.82, 2.24) is 14.7 Å². The van der Waals surface area contributed by atoms with Gasteiger partial charge >= 0.3 is 0 Å². The van der Waals surface area contributed by atoms with E-state index in [9.17, 15) is 4.79 Å². The Kier molecular flexibility index (Phi) is 4.24. The minimum Gasteiger partial charge on any atom is -0.454 e. The molecule has 7 nitrogen and oxygen atoms in total. The van der Waals surface area contributed by atoms with Gasteiger partial charge in [0.25, 0.3) is 5.91 Å². The number of carbonyl (C=O) groups excluding carboxylic acids is 1. The van der Waals surface area contributed by atoms with E-state index in [-0.39, 0.29) is 12.7 Å². The summed E-state index contributed by atoms with van der Waals surface area (Å²) in [5, 5.41) is 7.49. The molecular weight excluding hydrogens is 344 g/mol. The zero-order valence-electron chi connectivity index (χ0n) is 15.3. The molecule has 1 aromatic carbocycles. The predicted molar refractivity (Wildman–Crippen MR) is 100 cm³/mol. The van der Waals surface area contributed by atoms with Gasteiger partial charge in [0.15, 0.2) is 11.5 Å². The number of rotatable bonds is 4. The summed E-state index contributed by atoms with van der Waals surface area (Å²) in [6, 6.07) is 8.24. The van der Waals surface area contributed by atoms with Crippen molar-refractivity contribution in [3.05, 3.63) is 36.0 Å². The monoisotopic (exact) mass is 368 g/mol. The highest BCUT2D eigenvalue weighted by atomic mass is 16.7. The molecule has 1 aliphatic carbocycles. The number of hydrogen-bond acceptors (Lipinski definition) is 5. The molecule has 1 aromatic heterocycles. The second-order valence-electron chi connectivity index (χ2n) is 7.54. The number of piperidine rings is 1. The fourth-order valence-corrected chi connectivity index (χ4v) is 4.18. The molecule has 1 saturated heterocycles. The molecule has 3 heterocycles. The number of fused-ring (bicyclic) bond motifs is 1. The lowest BCUT2D eigenvalue weighted by Gasteiger charge is -2.41. The van der Waals surface area contributed by atoms with Crippen LogP contribution >= 0.6 is 0 Å². The second-order valence-corrected chi connectivity index (χ2v) is 7.54. The van der Waals surface area contributed by atoms with Crippen molar-refractivity contribution >= 4 is 11.7 Å². The van der Waals surface area contributed by atoms with Crippen LogP contribution in [0.4, 0.5) is 5.82 Å². The van der Waals surface area contributed by atoms with Crippen molar-refractivity contribution in [3.63, 3.8) is 0 Å². The summed E-state index contributed by atoms with van der Waals surface area (Å²) < 4.78 is 12.6. The summed E-state index contributed by atoms with van der Waals surface area (Å²) in [6.45, 7) is 2.43. The Labute approximate surface area is 158 Å². The molecule has 2 aliphatic heterocycles. The number of ether oxygens (including phenoxy) is 2. The standard InChI is InChI=1S/C20H24N4O3/c25-20(14-4-5-17-18(12-14)27-13-26-17)22-19-6-9-21-24(19)16-7-10-23(11-8-16)15-2-1-3-15/h4-6,9,12,15-16H,1-3,7-8,10-11,13H2,(H,22,25). The first-order valence-corrected chi connectivity index (χ1v) is 9.76. The van der Waals surface area contributed by atoms with Crippen molar-refractivity contribution in [2.75, 3.05) is 25.2 Å². The van der Waals surface area contributed by atoms with E-state index in [0.29, 0.717) is 23.1 Å². The Morgan fingerprint density at radius 3 is 2.63 bits per heavy atom. The molecule has 1 saturated carbocycles. The molecule has 2 aromatic rings. The molecule has 0 radical (unpaired) electrons. The van der Waals surface area contributed by atoms with Crippen LogP contribution in [0, 0.1) is 0 Å². The van der Waals surface area contributed by atoms with Gasteiger partial charge in [-0.25, -0.2) is 4.68 Å². The minimum absolute atomic E-state index is 0.165. The largest absolute Gasteiger partial charge is 0.454 e. The summed E-state index contributed by atoms with van der Waals surface area (Å²) in [4.78, 5) is 15.3. The van der Waals surface area contributed by atoms with Crippen molar-refractivity contribution in [2.24, 2.45) is 0 Å². The molecule has 2 fully saturated rings. The molecule has 0 spiro atoms. The first-order valence-electron chi connectivity index (χ1n) is 9.76. The van der Waals surface area contributed by atoms with E-state index in [0.717, 1.165) is 37.8 Å². The maximum atomic E-state index is 12.7. The average molecular weight is 368 g/mol. The topological polar surface area (TPSA) is 68.6 Å². The number of nitrogens with zero attached hydrogens (tertiary/aromatic N) is 3. The Morgan fingerprint density at radius 1 is 1.04 bits per heavy atom. The van der Waals surface area contributed by atoms with Gasteiger partial charge in [-0.15, -0.1) is 0 Å². The van der Waals surface area contributed by atoms with Gasteiger partial charge in [-0.3, -0.25) is 4.79 Å². The normalized spacial score (nSPS) is 20.4. The number of amides is 1. The van der Waals surface area contributed by atoms with Gasteiger partial charge in [0.1, 0.15) is 5.82 Å². The maximum absolute atomic E-state index is 12.7. The molecule has 1 N–H and O–H groups in total. The van der Waals surface area contributed by atoms with Crippen molar-refractivity contribution in [1.29, 1.82) is 0 Å². The summed E-state index contributed by atoms with van der Waals surface area (Å²) in [5.41, 5.74) is 0.548. The van der Waals surface area contributed by atoms with Crippen molar-refractivity contribution < 1.29 is 14.3 Å². The number of nitrogens with one attached hydrogen (secondary N) is 1. The number of carbonyl (C=O) groups is 1. The first-order chi connectivity index (χ1) is 13.3. The molecule has 0 unspecified atom stereocenters. The van der Waals surface area contributed by atoms with E-state index < -0.39 is 0 Å². The van der Waals surface area contributed by atoms with Crippen LogP contribution in [-0.2, 0) is 0 Å². The number of anilines is 1. The fraction of sp³-hybridized carbons (Fsp3) is 0.500. The van der Waals surface area contributed by atoms with E-state index in [1.807, 2.05) is 10.7 Å². The summed E-state index contributed by atoms with van der Waals surface area (Å²) >= 11 is 0.